The third-order valence-electron chi connectivity index (χ3n) is 3.30. The molecule has 0 saturated heterocycles. The van der Waals surface area contributed by atoms with Crippen LogP contribution in [0.5, 0.6) is 0 Å². The molecule has 96 valence electrons. The highest BCUT2D eigenvalue weighted by atomic mass is 16.4. The van der Waals surface area contributed by atoms with Gasteiger partial charge in [-0.25, -0.2) is 0 Å². The van der Waals surface area contributed by atoms with Gasteiger partial charge < -0.3 is 10.4 Å². The molecule has 1 aliphatic rings. The summed E-state index contributed by atoms with van der Waals surface area (Å²) in [5, 5.41) is 11.6. The van der Waals surface area contributed by atoms with Crippen LogP contribution in [0.4, 0.5) is 0 Å². The molecular formula is C13H21NO3. The number of rotatable bonds is 5. The van der Waals surface area contributed by atoms with Crippen LogP contribution in [0.25, 0.3) is 0 Å². The average Bonchev–Trinajstić information content (AvgIpc) is 2.28. The zero-order chi connectivity index (χ0) is 12.8. The van der Waals surface area contributed by atoms with Crippen molar-refractivity contribution in [1.82, 2.24) is 5.32 Å². The third kappa shape index (κ3) is 4.59. The second-order valence-corrected chi connectivity index (χ2v) is 4.77. The largest absolute Gasteiger partial charge is 0.481 e. The first kappa shape index (κ1) is 13.7. The van der Waals surface area contributed by atoms with Gasteiger partial charge in [0.05, 0.1) is 5.92 Å². The number of carboxylic acids is 1. The van der Waals surface area contributed by atoms with Crippen molar-refractivity contribution in [3.63, 3.8) is 0 Å². The summed E-state index contributed by atoms with van der Waals surface area (Å²) in [5.41, 5.74) is 1.18. The number of hydrogen-bond acceptors (Lipinski definition) is 2. The normalized spacial score (nSPS) is 19.1. The van der Waals surface area contributed by atoms with Crippen LogP contribution in [-0.2, 0) is 9.59 Å². The van der Waals surface area contributed by atoms with Gasteiger partial charge in [-0.3, -0.25) is 9.59 Å². The highest BCUT2D eigenvalue weighted by molar-refractivity contribution is 5.80. The monoisotopic (exact) mass is 239 g/mol. The Labute approximate surface area is 102 Å². The van der Waals surface area contributed by atoms with Crippen molar-refractivity contribution in [2.45, 2.75) is 52.0 Å². The van der Waals surface area contributed by atoms with Gasteiger partial charge >= 0.3 is 5.97 Å². The lowest BCUT2D eigenvalue weighted by Crippen LogP contribution is -2.40. The number of amides is 1. The first-order valence-electron chi connectivity index (χ1n) is 6.20. The Hall–Kier alpha value is -1.32. The molecule has 0 saturated carbocycles. The molecule has 0 fully saturated rings. The van der Waals surface area contributed by atoms with E-state index in [0.29, 0.717) is 6.42 Å². The van der Waals surface area contributed by atoms with E-state index in [1.54, 1.807) is 13.8 Å². The molecule has 0 aromatic heterocycles. The van der Waals surface area contributed by atoms with E-state index >= 15 is 0 Å². The molecule has 0 heterocycles. The SMILES string of the molecule is CC(NC(=O)CC1=CCCCC1)C(C)C(=O)O. The standard InChI is InChI=1S/C13H21NO3/c1-9(13(16)17)10(2)14-12(15)8-11-6-4-3-5-7-11/h6,9-10H,3-5,7-8H2,1-2H3,(H,14,15)(H,16,17). The van der Waals surface area contributed by atoms with Crippen LogP contribution >= 0.6 is 0 Å². The van der Waals surface area contributed by atoms with Gasteiger partial charge in [0.2, 0.25) is 5.91 Å². The highest BCUT2D eigenvalue weighted by Crippen LogP contribution is 2.20. The van der Waals surface area contributed by atoms with Crippen LogP contribution in [0.2, 0.25) is 0 Å². The second kappa shape index (κ2) is 6.42. The molecule has 0 aromatic rings. The molecule has 4 heteroatoms. The first-order chi connectivity index (χ1) is 8.00. The van der Waals surface area contributed by atoms with E-state index in [0.717, 1.165) is 19.3 Å². The Morgan fingerprint density at radius 1 is 1.41 bits per heavy atom. The van der Waals surface area contributed by atoms with E-state index in [1.165, 1.54) is 12.0 Å². The van der Waals surface area contributed by atoms with E-state index < -0.39 is 11.9 Å². The lowest BCUT2D eigenvalue weighted by Gasteiger charge is -2.19. The molecule has 0 aliphatic heterocycles. The second-order valence-electron chi connectivity index (χ2n) is 4.77. The van der Waals surface area contributed by atoms with Crippen LogP contribution in [0.3, 0.4) is 0 Å². The molecule has 4 nitrogen and oxygen atoms in total. The smallest absolute Gasteiger partial charge is 0.308 e. The Kier molecular flexibility index (Phi) is 5.19. The fraction of sp³-hybridized carbons (Fsp3) is 0.692. The van der Waals surface area contributed by atoms with Gasteiger partial charge in [-0.15, -0.1) is 0 Å². The van der Waals surface area contributed by atoms with Crippen molar-refractivity contribution < 1.29 is 14.7 Å². The Bertz CT molecular complexity index is 323. The van der Waals surface area contributed by atoms with Gasteiger partial charge in [0.15, 0.2) is 0 Å². The molecule has 1 rings (SSSR count). The predicted octanol–water partition coefficient (Wildman–Crippen LogP) is 2.10. The van der Waals surface area contributed by atoms with Crippen LogP contribution in [0, 0.1) is 5.92 Å². The average molecular weight is 239 g/mol. The number of carboxylic acid groups (broad SMARTS) is 1. The topological polar surface area (TPSA) is 66.4 Å². The fourth-order valence-electron chi connectivity index (χ4n) is 1.92. The molecule has 1 aliphatic carbocycles. The lowest BCUT2D eigenvalue weighted by atomic mass is 9.96. The summed E-state index contributed by atoms with van der Waals surface area (Å²) >= 11 is 0. The summed E-state index contributed by atoms with van der Waals surface area (Å²) in [6.07, 6.45) is 6.96. The van der Waals surface area contributed by atoms with Crippen molar-refractivity contribution in [2.75, 3.05) is 0 Å². The van der Waals surface area contributed by atoms with Crippen LogP contribution < -0.4 is 5.32 Å². The Morgan fingerprint density at radius 3 is 2.65 bits per heavy atom. The number of aliphatic carboxylic acids is 1. The lowest BCUT2D eigenvalue weighted by molar-refractivity contribution is -0.142. The molecule has 2 N–H and O–H groups in total. The van der Waals surface area contributed by atoms with Crippen molar-refractivity contribution in [1.29, 1.82) is 0 Å². The number of nitrogens with one attached hydrogen (secondary N) is 1. The van der Waals surface area contributed by atoms with Crippen LogP contribution in [0.15, 0.2) is 11.6 Å². The molecule has 0 spiro atoms. The first-order valence-corrected chi connectivity index (χ1v) is 6.20. The minimum Gasteiger partial charge on any atom is -0.481 e. The van der Waals surface area contributed by atoms with Crippen molar-refractivity contribution in [3.8, 4) is 0 Å². The van der Waals surface area contributed by atoms with Crippen LogP contribution in [-0.4, -0.2) is 23.0 Å². The summed E-state index contributed by atoms with van der Waals surface area (Å²) in [6.45, 7) is 3.33. The summed E-state index contributed by atoms with van der Waals surface area (Å²) in [5.74, 6) is -1.51. The van der Waals surface area contributed by atoms with E-state index in [2.05, 4.69) is 11.4 Å². The summed E-state index contributed by atoms with van der Waals surface area (Å²) < 4.78 is 0. The van der Waals surface area contributed by atoms with Gasteiger partial charge in [-0.2, -0.15) is 0 Å². The Balaban J connectivity index is 2.38. The maximum absolute atomic E-state index is 11.7. The van der Waals surface area contributed by atoms with E-state index in [-0.39, 0.29) is 11.9 Å². The van der Waals surface area contributed by atoms with E-state index in [1.807, 2.05) is 0 Å². The maximum Gasteiger partial charge on any atom is 0.308 e. The molecular weight excluding hydrogens is 218 g/mol. The minimum atomic E-state index is -0.880. The predicted molar refractivity (Wildman–Crippen MR) is 65.6 cm³/mol. The highest BCUT2D eigenvalue weighted by Gasteiger charge is 2.21. The third-order valence-corrected chi connectivity index (χ3v) is 3.30. The molecule has 2 unspecified atom stereocenters. The fourth-order valence-corrected chi connectivity index (χ4v) is 1.92. The van der Waals surface area contributed by atoms with E-state index in [9.17, 15) is 9.59 Å². The molecule has 17 heavy (non-hydrogen) atoms. The maximum atomic E-state index is 11.7. The van der Waals surface area contributed by atoms with Gasteiger partial charge in [-0.1, -0.05) is 11.6 Å². The number of carbonyl (C=O) groups excluding carboxylic acids is 1. The number of carbonyl (C=O) groups is 2. The zero-order valence-electron chi connectivity index (χ0n) is 10.5. The van der Waals surface area contributed by atoms with Crippen LogP contribution in [0.1, 0.15) is 46.0 Å². The molecule has 0 radical (unpaired) electrons. The molecule has 1 amide bonds. The zero-order valence-corrected chi connectivity index (χ0v) is 10.5. The van der Waals surface area contributed by atoms with Gasteiger partial charge in [0.25, 0.3) is 0 Å². The minimum absolute atomic E-state index is 0.0706. The van der Waals surface area contributed by atoms with Gasteiger partial charge in [-0.05, 0) is 39.5 Å². The van der Waals surface area contributed by atoms with Crippen molar-refractivity contribution in [2.24, 2.45) is 5.92 Å². The Morgan fingerprint density at radius 2 is 2.12 bits per heavy atom. The van der Waals surface area contributed by atoms with E-state index in [4.69, 9.17) is 5.11 Å². The summed E-state index contributed by atoms with van der Waals surface area (Å²) in [7, 11) is 0. The number of allylic oxidation sites excluding steroid dienone is 1. The quantitative estimate of drug-likeness (QED) is 0.722. The molecule has 0 bridgehead atoms. The summed E-state index contributed by atoms with van der Waals surface area (Å²) in [6, 6.07) is -0.329. The molecule has 2 atom stereocenters. The van der Waals surface area contributed by atoms with Crippen molar-refractivity contribution in [3.05, 3.63) is 11.6 Å². The van der Waals surface area contributed by atoms with Crippen molar-refractivity contribution >= 4 is 11.9 Å². The van der Waals surface area contributed by atoms with Gasteiger partial charge in [0, 0.05) is 12.5 Å². The summed E-state index contributed by atoms with van der Waals surface area (Å²) in [4.78, 5) is 22.5. The number of hydrogen-bond donors (Lipinski definition) is 2. The molecule has 0 aromatic carbocycles. The van der Waals surface area contributed by atoms with Gasteiger partial charge in [0.1, 0.15) is 0 Å².